The van der Waals surface area contributed by atoms with Crippen LogP contribution in [0.15, 0.2) is 23.6 Å². The second-order valence-electron chi connectivity index (χ2n) is 4.84. The van der Waals surface area contributed by atoms with Gasteiger partial charge in [-0.05, 0) is 54.1 Å². The lowest BCUT2D eigenvalue weighted by atomic mass is 10.0. The molecule has 1 aromatic heterocycles. The highest BCUT2D eigenvalue weighted by molar-refractivity contribution is 7.10. The molecule has 0 saturated heterocycles. The second-order valence-corrected chi connectivity index (χ2v) is 6.19. The van der Waals surface area contributed by atoms with Gasteiger partial charge in [-0.1, -0.05) is 25.4 Å². The van der Waals surface area contributed by atoms with E-state index in [2.05, 4.69) is 25.2 Å². The summed E-state index contributed by atoms with van der Waals surface area (Å²) in [4.78, 5) is 1.11. The van der Waals surface area contributed by atoms with E-state index in [1.54, 1.807) is 11.3 Å². The molecule has 0 aliphatic heterocycles. The van der Waals surface area contributed by atoms with Crippen LogP contribution < -0.4 is 5.32 Å². The lowest BCUT2D eigenvalue weighted by molar-refractivity contribution is 0.503. The Balaban J connectivity index is 2.48. The molecule has 21 heavy (non-hydrogen) atoms. The third-order valence-corrected chi connectivity index (χ3v) is 4.72. The molecule has 2 rings (SSSR count). The number of halogens is 3. The average Bonchev–Trinajstić information content (AvgIpc) is 2.93. The van der Waals surface area contributed by atoms with E-state index >= 15 is 0 Å². The molecule has 114 valence electrons. The third-order valence-electron chi connectivity index (χ3n) is 3.37. The van der Waals surface area contributed by atoms with Crippen molar-refractivity contribution < 1.29 is 8.78 Å². The Morgan fingerprint density at radius 3 is 2.62 bits per heavy atom. The van der Waals surface area contributed by atoms with Gasteiger partial charge in [-0.15, -0.1) is 11.3 Å². The van der Waals surface area contributed by atoms with Crippen LogP contribution in [0.25, 0.3) is 0 Å². The first kappa shape index (κ1) is 16.4. The van der Waals surface area contributed by atoms with Crippen molar-refractivity contribution in [2.75, 3.05) is 6.54 Å². The topological polar surface area (TPSA) is 12.0 Å². The highest BCUT2D eigenvalue weighted by atomic mass is 35.5. The zero-order valence-corrected chi connectivity index (χ0v) is 13.6. The predicted octanol–water partition coefficient (Wildman–Crippen LogP) is 5.33. The molecular formula is C16H18ClF2NS. The van der Waals surface area contributed by atoms with Crippen LogP contribution in [0.5, 0.6) is 0 Å². The first-order chi connectivity index (χ1) is 10.1. The standard InChI is InChI=1S/C16H18ClF2NS/c1-3-6-20-15(16-10(4-2)5-7-21-16)11-8-13(18)14(19)9-12(11)17/h5,7-9,15,20H,3-4,6H2,1-2H3. The van der Waals surface area contributed by atoms with Crippen molar-refractivity contribution >= 4 is 22.9 Å². The van der Waals surface area contributed by atoms with E-state index in [1.165, 1.54) is 11.6 Å². The molecule has 1 nitrogen and oxygen atoms in total. The van der Waals surface area contributed by atoms with Gasteiger partial charge in [-0.25, -0.2) is 8.78 Å². The Bertz CT molecular complexity index is 612. The molecule has 1 N–H and O–H groups in total. The van der Waals surface area contributed by atoms with Crippen LogP contribution in [0.4, 0.5) is 8.78 Å². The molecule has 1 atom stereocenters. The lowest BCUT2D eigenvalue weighted by Crippen LogP contribution is -2.23. The van der Waals surface area contributed by atoms with Gasteiger partial charge in [-0.3, -0.25) is 0 Å². The Labute approximate surface area is 133 Å². The van der Waals surface area contributed by atoms with E-state index in [0.717, 1.165) is 30.3 Å². The minimum Gasteiger partial charge on any atom is -0.306 e. The van der Waals surface area contributed by atoms with Gasteiger partial charge >= 0.3 is 0 Å². The van der Waals surface area contributed by atoms with Gasteiger partial charge in [0, 0.05) is 9.90 Å². The van der Waals surface area contributed by atoms with E-state index in [9.17, 15) is 8.78 Å². The monoisotopic (exact) mass is 329 g/mol. The van der Waals surface area contributed by atoms with E-state index in [-0.39, 0.29) is 11.1 Å². The molecular weight excluding hydrogens is 312 g/mol. The van der Waals surface area contributed by atoms with Crippen LogP contribution >= 0.6 is 22.9 Å². The van der Waals surface area contributed by atoms with Crippen LogP contribution in [-0.2, 0) is 6.42 Å². The fourth-order valence-electron chi connectivity index (χ4n) is 2.28. The Kier molecular flexibility index (Phi) is 5.73. The van der Waals surface area contributed by atoms with E-state index in [4.69, 9.17) is 11.6 Å². The maximum atomic E-state index is 13.6. The van der Waals surface area contributed by atoms with Crippen LogP contribution in [0, 0.1) is 11.6 Å². The second kappa shape index (κ2) is 7.34. The zero-order chi connectivity index (χ0) is 15.4. The Morgan fingerprint density at radius 1 is 1.24 bits per heavy atom. The van der Waals surface area contributed by atoms with Gasteiger partial charge in [0.2, 0.25) is 0 Å². The number of aryl methyl sites for hydroxylation is 1. The van der Waals surface area contributed by atoms with Crippen molar-refractivity contribution in [1.82, 2.24) is 5.32 Å². The summed E-state index contributed by atoms with van der Waals surface area (Å²) in [5.41, 5.74) is 1.79. The minimum atomic E-state index is -0.917. The summed E-state index contributed by atoms with van der Waals surface area (Å²) >= 11 is 7.75. The van der Waals surface area contributed by atoms with Crippen molar-refractivity contribution in [2.45, 2.75) is 32.7 Å². The summed E-state index contributed by atoms with van der Waals surface area (Å²) in [5, 5.41) is 5.65. The van der Waals surface area contributed by atoms with Crippen molar-refractivity contribution in [1.29, 1.82) is 0 Å². The summed E-state index contributed by atoms with van der Waals surface area (Å²) in [5.74, 6) is -1.79. The van der Waals surface area contributed by atoms with Crippen LogP contribution in [0.1, 0.15) is 42.3 Å². The molecule has 1 aromatic carbocycles. The summed E-state index contributed by atoms with van der Waals surface area (Å²) in [6, 6.07) is 4.10. The first-order valence-electron chi connectivity index (χ1n) is 7.02. The van der Waals surface area contributed by atoms with Crippen LogP contribution in [0.3, 0.4) is 0 Å². The van der Waals surface area contributed by atoms with Crippen LogP contribution in [-0.4, -0.2) is 6.54 Å². The van der Waals surface area contributed by atoms with Gasteiger partial charge in [0.15, 0.2) is 11.6 Å². The quantitative estimate of drug-likeness (QED) is 0.706. The highest BCUT2D eigenvalue weighted by Crippen LogP contribution is 2.34. The Morgan fingerprint density at radius 2 is 1.95 bits per heavy atom. The molecule has 2 aromatic rings. The molecule has 0 spiro atoms. The average molecular weight is 330 g/mol. The largest absolute Gasteiger partial charge is 0.306 e. The van der Waals surface area contributed by atoms with Crippen molar-refractivity contribution in [2.24, 2.45) is 0 Å². The Hall–Kier alpha value is -0.970. The molecule has 1 heterocycles. The fourth-order valence-corrected chi connectivity index (χ4v) is 3.63. The molecule has 0 aliphatic carbocycles. The molecule has 0 radical (unpaired) electrons. The summed E-state index contributed by atoms with van der Waals surface area (Å²) in [6.07, 6.45) is 1.84. The molecule has 0 bridgehead atoms. The summed E-state index contributed by atoms with van der Waals surface area (Å²) in [7, 11) is 0. The summed E-state index contributed by atoms with van der Waals surface area (Å²) in [6.45, 7) is 4.92. The van der Waals surface area contributed by atoms with Crippen molar-refractivity contribution in [3.63, 3.8) is 0 Å². The fraction of sp³-hybridized carbons (Fsp3) is 0.375. The summed E-state index contributed by atoms with van der Waals surface area (Å²) < 4.78 is 26.9. The molecule has 5 heteroatoms. The maximum absolute atomic E-state index is 13.6. The van der Waals surface area contributed by atoms with Crippen molar-refractivity contribution in [3.8, 4) is 0 Å². The van der Waals surface area contributed by atoms with Gasteiger partial charge in [0.1, 0.15) is 0 Å². The van der Waals surface area contributed by atoms with E-state index in [1.807, 2.05) is 5.38 Å². The number of thiophene rings is 1. The van der Waals surface area contributed by atoms with Gasteiger partial charge in [0.25, 0.3) is 0 Å². The molecule has 0 fully saturated rings. The molecule has 0 aliphatic rings. The normalized spacial score (nSPS) is 12.6. The first-order valence-corrected chi connectivity index (χ1v) is 8.28. The number of hydrogen-bond acceptors (Lipinski definition) is 2. The van der Waals surface area contributed by atoms with Gasteiger partial charge < -0.3 is 5.32 Å². The van der Waals surface area contributed by atoms with E-state index < -0.39 is 11.6 Å². The highest BCUT2D eigenvalue weighted by Gasteiger charge is 2.22. The number of benzene rings is 1. The number of rotatable bonds is 6. The van der Waals surface area contributed by atoms with Gasteiger partial charge in [-0.2, -0.15) is 0 Å². The number of hydrogen-bond donors (Lipinski definition) is 1. The van der Waals surface area contributed by atoms with Crippen LogP contribution in [0.2, 0.25) is 5.02 Å². The third kappa shape index (κ3) is 3.62. The predicted molar refractivity (Wildman–Crippen MR) is 85.2 cm³/mol. The van der Waals surface area contributed by atoms with Gasteiger partial charge in [0.05, 0.1) is 6.04 Å². The number of nitrogens with one attached hydrogen (secondary N) is 1. The maximum Gasteiger partial charge on any atom is 0.160 e. The SMILES string of the molecule is CCCNC(c1cc(F)c(F)cc1Cl)c1sccc1CC. The molecule has 1 unspecified atom stereocenters. The lowest BCUT2D eigenvalue weighted by Gasteiger charge is -2.21. The van der Waals surface area contributed by atoms with E-state index in [0.29, 0.717) is 5.56 Å². The molecule has 0 amide bonds. The van der Waals surface area contributed by atoms with Crippen molar-refractivity contribution in [3.05, 3.63) is 56.2 Å². The smallest absolute Gasteiger partial charge is 0.160 e. The minimum absolute atomic E-state index is 0.206. The zero-order valence-electron chi connectivity index (χ0n) is 12.1. The molecule has 0 saturated carbocycles.